The molecular formula is C24H24CuP. The molecule has 0 fully saturated rings. The van der Waals surface area contributed by atoms with Crippen molar-refractivity contribution in [3.63, 3.8) is 0 Å². The number of hydrogen-bond acceptors (Lipinski definition) is 0. The van der Waals surface area contributed by atoms with Crippen molar-refractivity contribution in [1.29, 1.82) is 0 Å². The fourth-order valence-corrected chi connectivity index (χ4v) is 4.83. The molecule has 0 heterocycles. The van der Waals surface area contributed by atoms with Gasteiger partial charge in [-0.1, -0.05) is 105 Å². The first kappa shape index (κ1) is 20.7. The Morgan fingerprint density at radius 2 is 1.19 bits per heavy atom. The van der Waals surface area contributed by atoms with Crippen LogP contribution in [0.5, 0.6) is 0 Å². The second-order valence-electron chi connectivity index (χ2n) is 6.07. The Morgan fingerprint density at radius 3 is 1.65 bits per heavy atom. The van der Waals surface area contributed by atoms with Crippen molar-refractivity contribution in [3.05, 3.63) is 102 Å². The van der Waals surface area contributed by atoms with E-state index in [9.17, 15) is 0 Å². The van der Waals surface area contributed by atoms with Crippen LogP contribution in [0, 0.1) is 5.82 Å². The normalized spacial score (nSPS) is 11.2. The zero-order valence-corrected chi connectivity index (χ0v) is 16.9. The summed E-state index contributed by atoms with van der Waals surface area (Å²) in [5, 5.41) is 2.71. The van der Waals surface area contributed by atoms with Gasteiger partial charge in [-0.3, -0.25) is 0 Å². The molecule has 0 N–H and O–H groups in total. The number of hydrogen-bond donors (Lipinski definition) is 0. The van der Waals surface area contributed by atoms with Gasteiger partial charge < -0.3 is 0 Å². The quantitative estimate of drug-likeness (QED) is 0.251. The van der Waals surface area contributed by atoms with Crippen LogP contribution >= 0.6 is 7.92 Å². The van der Waals surface area contributed by atoms with Crippen LogP contribution in [0.15, 0.2) is 91.0 Å². The van der Waals surface area contributed by atoms with E-state index < -0.39 is 7.92 Å². The van der Waals surface area contributed by atoms with Crippen LogP contribution in [0.1, 0.15) is 31.7 Å². The SMILES string of the molecule is CCCCC(=[C-]P(c1ccccc1)c1ccccc1)c1ccccc1.[Cu+]. The van der Waals surface area contributed by atoms with Crippen molar-refractivity contribution in [1.82, 2.24) is 0 Å². The van der Waals surface area contributed by atoms with Crippen LogP contribution in [0.25, 0.3) is 5.57 Å². The monoisotopic (exact) mass is 406 g/mol. The van der Waals surface area contributed by atoms with Crippen LogP contribution in [0.2, 0.25) is 0 Å². The molecule has 0 saturated carbocycles. The van der Waals surface area contributed by atoms with E-state index in [1.807, 2.05) is 0 Å². The molecule has 0 aliphatic heterocycles. The molecule has 136 valence electrons. The Bertz CT molecular complexity index is 743. The topological polar surface area (TPSA) is 0 Å². The van der Waals surface area contributed by atoms with Gasteiger partial charge in [-0.05, 0) is 10.6 Å². The van der Waals surface area contributed by atoms with E-state index in [0.29, 0.717) is 0 Å². The van der Waals surface area contributed by atoms with Crippen LogP contribution in [0.4, 0.5) is 0 Å². The summed E-state index contributed by atoms with van der Waals surface area (Å²) >= 11 is 0. The molecule has 3 aromatic carbocycles. The van der Waals surface area contributed by atoms with Gasteiger partial charge in [0, 0.05) is 0 Å². The Hall–Kier alpha value is -1.65. The van der Waals surface area contributed by atoms with Crippen molar-refractivity contribution >= 4 is 24.1 Å². The van der Waals surface area contributed by atoms with Crippen LogP contribution < -0.4 is 10.6 Å². The van der Waals surface area contributed by atoms with Crippen molar-refractivity contribution in [2.24, 2.45) is 0 Å². The fourth-order valence-electron chi connectivity index (χ4n) is 2.82. The molecular weight excluding hydrogens is 383 g/mol. The zero-order chi connectivity index (χ0) is 17.3. The molecule has 0 radical (unpaired) electrons. The number of rotatable bonds is 7. The molecule has 3 rings (SSSR count). The predicted octanol–water partition coefficient (Wildman–Crippen LogP) is 6.15. The number of allylic oxidation sites excluding steroid dienone is 1. The van der Waals surface area contributed by atoms with Gasteiger partial charge in [-0.25, -0.2) is 11.4 Å². The molecule has 0 saturated heterocycles. The van der Waals surface area contributed by atoms with E-state index in [2.05, 4.69) is 104 Å². The summed E-state index contributed by atoms with van der Waals surface area (Å²) in [7, 11) is -0.617. The third-order valence-electron chi connectivity index (χ3n) is 4.18. The predicted molar refractivity (Wildman–Crippen MR) is 112 cm³/mol. The number of unbranched alkanes of at least 4 members (excludes halogenated alkanes) is 1. The van der Waals surface area contributed by atoms with Gasteiger partial charge in [0.25, 0.3) is 0 Å². The van der Waals surface area contributed by atoms with Crippen molar-refractivity contribution in [2.45, 2.75) is 26.2 Å². The standard InChI is InChI=1S/C24H24P.Cu/c1-2-3-13-22(21-14-7-4-8-15-21)20-25(23-16-9-5-10-17-23)24-18-11-6-12-19-24;/h4-12,14-19H,2-3,13H2,1H3;/q-1;+1. The van der Waals surface area contributed by atoms with E-state index in [1.165, 1.54) is 34.6 Å². The molecule has 0 aliphatic carbocycles. The Kier molecular flexibility index (Phi) is 8.86. The van der Waals surface area contributed by atoms with Crippen LogP contribution in [0.3, 0.4) is 0 Å². The van der Waals surface area contributed by atoms with E-state index >= 15 is 0 Å². The summed E-state index contributed by atoms with van der Waals surface area (Å²) in [6.45, 7) is 2.25. The average Bonchev–Trinajstić information content (AvgIpc) is 2.70. The Labute approximate surface area is 169 Å². The van der Waals surface area contributed by atoms with Gasteiger partial charge in [0.1, 0.15) is 0 Å². The molecule has 0 spiro atoms. The second-order valence-corrected chi connectivity index (χ2v) is 7.99. The molecule has 0 nitrogen and oxygen atoms in total. The molecule has 2 heteroatoms. The van der Waals surface area contributed by atoms with Crippen molar-refractivity contribution < 1.29 is 17.1 Å². The molecule has 0 atom stereocenters. The van der Waals surface area contributed by atoms with E-state index in [0.717, 1.165) is 6.42 Å². The first-order chi connectivity index (χ1) is 12.4. The van der Waals surface area contributed by atoms with Crippen molar-refractivity contribution in [2.75, 3.05) is 0 Å². The maximum absolute atomic E-state index is 3.92. The average molecular weight is 407 g/mol. The third-order valence-corrected chi connectivity index (χ3v) is 6.30. The van der Waals surface area contributed by atoms with Crippen molar-refractivity contribution in [3.8, 4) is 0 Å². The Morgan fingerprint density at radius 1 is 0.731 bits per heavy atom. The van der Waals surface area contributed by atoms with E-state index in [-0.39, 0.29) is 17.1 Å². The largest absolute Gasteiger partial charge is 1.00 e. The smallest absolute Gasteiger partial charge is 0.233 e. The summed E-state index contributed by atoms with van der Waals surface area (Å²) < 4.78 is 0. The van der Waals surface area contributed by atoms with Gasteiger partial charge >= 0.3 is 17.1 Å². The zero-order valence-electron chi connectivity index (χ0n) is 15.0. The summed E-state index contributed by atoms with van der Waals surface area (Å²) in [5.41, 5.74) is 2.65. The molecule has 0 unspecified atom stereocenters. The van der Waals surface area contributed by atoms with Gasteiger partial charge in [-0.2, -0.15) is 5.56 Å². The summed E-state index contributed by atoms with van der Waals surface area (Å²) in [6, 6.07) is 32.3. The van der Waals surface area contributed by atoms with Crippen LogP contribution in [-0.2, 0) is 17.1 Å². The molecule has 0 aliphatic rings. The second kappa shape index (κ2) is 11.1. The molecule has 3 aromatic rings. The van der Waals surface area contributed by atoms with Crippen LogP contribution in [-0.4, -0.2) is 0 Å². The van der Waals surface area contributed by atoms with Gasteiger partial charge in [-0.15, -0.1) is 20.1 Å². The minimum absolute atomic E-state index is 0. The minimum Gasteiger partial charge on any atom is -0.233 e. The molecule has 0 aromatic heterocycles. The van der Waals surface area contributed by atoms with Gasteiger partial charge in [0.15, 0.2) is 0 Å². The first-order valence-electron chi connectivity index (χ1n) is 8.96. The molecule has 0 amide bonds. The number of benzene rings is 3. The van der Waals surface area contributed by atoms with Gasteiger partial charge in [0.2, 0.25) is 0 Å². The summed E-state index contributed by atoms with van der Waals surface area (Å²) in [6.07, 6.45) is 3.48. The Balaban J connectivity index is 0.00000243. The third kappa shape index (κ3) is 5.68. The first-order valence-corrected chi connectivity index (χ1v) is 10.3. The van der Waals surface area contributed by atoms with E-state index in [4.69, 9.17) is 0 Å². The maximum atomic E-state index is 3.92. The summed E-state index contributed by atoms with van der Waals surface area (Å²) in [4.78, 5) is 0. The minimum atomic E-state index is -0.617. The maximum Gasteiger partial charge on any atom is 1.00 e. The molecule has 26 heavy (non-hydrogen) atoms. The van der Waals surface area contributed by atoms with Gasteiger partial charge in [0.05, 0.1) is 0 Å². The fraction of sp³-hybridized carbons (Fsp3) is 0.167. The summed E-state index contributed by atoms with van der Waals surface area (Å²) in [5.74, 6) is 3.92. The molecule has 0 bridgehead atoms. The van der Waals surface area contributed by atoms with E-state index in [1.54, 1.807) is 0 Å².